The summed E-state index contributed by atoms with van der Waals surface area (Å²) in [5, 5.41) is 7.87. The Morgan fingerprint density at radius 2 is 1.85 bits per heavy atom. The van der Waals surface area contributed by atoms with E-state index >= 15 is 0 Å². The number of amides is 2. The average Bonchev–Trinajstić information content (AvgIpc) is 2.92. The van der Waals surface area contributed by atoms with Crippen molar-refractivity contribution in [1.82, 2.24) is 19.7 Å². The van der Waals surface area contributed by atoms with Gasteiger partial charge in [0.25, 0.3) is 0 Å². The van der Waals surface area contributed by atoms with E-state index in [0.717, 1.165) is 0 Å². The van der Waals surface area contributed by atoms with Gasteiger partial charge in [0.05, 0.1) is 52.4 Å². The quantitative estimate of drug-likeness (QED) is 0.830. The van der Waals surface area contributed by atoms with Crippen LogP contribution in [0.25, 0.3) is 5.82 Å². The number of nitrogens with zero attached hydrogens (tertiary/aromatic N) is 4. The lowest BCUT2D eigenvalue weighted by molar-refractivity contribution is -0.169. The molecule has 1 N–H and O–H groups in total. The van der Waals surface area contributed by atoms with E-state index in [1.165, 1.54) is 10.9 Å². The molecule has 1 saturated heterocycles. The largest absolute Gasteiger partial charge is 0.366 e. The minimum Gasteiger partial charge on any atom is -0.366 e. The molecule has 1 aliphatic rings. The Bertz CT molecular complexity index is 818. The summed E-state index contributed by atoms with van der Waals surface area (Å²) in [7, 11) is 0. The summed E-state index contributed by atoms with van der Waals surface area (Å²) in [4.78, 5) is 18.6. The van der Waals surface area contributed by atoms with Crippen LogP contribution in [0.1, 0.15) is 27.7 Å². The maximum absolute atomic E-state index is 12.7. The van der Waals surface area contributed by atoms with Gasteiger partial charge >= 0.3 is 6.03 Å². The zero-order valence-corrected chi connectivity index (χ0v) is 16.6. The predicted molar refractivity (Wildman–Crippen MR) is 101 cm³/mol. The second-order valence-electron chi connectivity index (χ2n) is 7.54. The van der Waals surface area contributed by atoms with Crippen molar-refractivity contribution >= 4 is 34.9 Å². The first kappa shape index (κ1) is 18.9. The van der Waals surface area contributed by atoms with Crippen LogP contribution >= 0.6 is 23.2 Å². The molecule has 0 aliphatic carbocycles. The summed E-state index contributed by atoms with van der Waals surface area (Å²) in [6.45, 7) is 8.89. The molecule has 26 heavy (non-hydrogen) atoms. The first-order chi connectivity index (χ1) is 12.0. The van der Waals surface area contributed by atoms with Crippen LogP contribution in [0.2, 0.25) is 10.0 Å². The van der Waals surface area contributed by atoms with Crippen LogP contribution in [0.3, 0.4) is 0 Å². The van der Waals surface area contributed by atoms with Gasteiger partial charge in [-0.15, -0.1) is 0 Å². The Morgan fingerprint density at radius 3 is 2.46 bits per heavy atom. The molecule has 3 heterocycles. The molecule has 0 unspecified atom stereocenters. The number of rotatable bonds is 2. The number of hydrogen-bond acceptors (Lipinski definition) is 4. The third kappa shape index (κ3) is 4.28. The molecule has 1 fully saturated rings. The minimum atomic E-state index is -0.413. The molecule has 1 aliphatic heterocycles. The lowest BCUT2D eigenvalue weighted by Gasteiger charge is -2.46. The number of urea groups is 1. The normalized spacial score (nSPS) is 18.6. The van der Waals surface area contributed by atoms with Gasteiger partial charge in [-0.1, -0.05) is 23.2 Å². The van der Waals surface area contributed by atoms with Gasteiger partial charge in [-0.25, -0.2) is 14.5 Å². The van der Waals surface area contributed by atoms with Gasteiger partial charge in [0.15, 0.2) is 5.82 Å². The van der Waals surface area contributed by atoms with Crippen molar-refractivity contribution in [3.8, 4) is 5.82 Å². The molecule has 0 aromatic carbocycles. The van der Waals surface area contributed by atoms with Crippen LogP contribution in [0, 0.1) is 0 Å². The molecule has 140 valence electrons. The Labute approximate surface area is 162 Å². The smallest absolute Gasteiger partial charge is 0.322 e. The summed E-state index contributed by atoms with van der Waals surface area (Å²) in [6.07, 6.45) is 4.68. The fourth-order valence-corrected chi connectivity index (χ4v) is 3.68. The predicted octanol–water partition coefficient (Wildman–Crippen LogP) is 4.00. The van der Waals surface area contributed by atoms with Gasteiger partial charge < -0.3 is 15.0 Å². The second kappa shape index (κ2) is 6.72. The number of anilines is 1. The lowest BCUT2D eigenvalue weighted by atomic mass is 9.99. The van der Waals surface area contributed by atoms with Crippen LogP contribution in [-0.2, 0) is 4.74 Å². The van der Waals surface area contributed by atoms with Crippen molar-refractivity contribution in [2.75, 3.05) is 18.4 Å². The summed E-state index contributed by atoms with van der Waals surface area (Å²) in [5.74, 6) is 0.435. The molecule has 2 aromatic rings. The highest BCUT2D eigenvalue weighted by atomic mass is 35.5. The van der Waals surface area contributed by atoms with Gasteiger partial charge in [0.2, 0.25) is 0 Å². The second-order valence-corrected chi connectivity index (χ2v) is 8.38. The Hall–Kier alpha value is -1.83. The van der Waals surface area contributed by atoms with Crippen molar-refractivity contribution in [3.05, 3.63) is 34.7 Å². The number of halogens is 2. The molecule has 0 radical (unpaired) electrons. The highest BCUT2D eigenvalue weighted by Crippen LogP contribution is 2.28. The maximum atomic E-state index is 12.7. The van der Waals surface area contributed by atoms with Crippen molar-refractivity contribution in [1.29, 1.82) is 0 Å². The van der Waals surface area contributed by atoms with E-state index in [4.69, 9.17) is 27.9 Å². The number of carbonyl (C=O) groups is 1. The molecule has 2 aromatic heterocycles. The summed E-state index contributed by atoms with van der Waals surface area (Å²) in [5.41, 5.74) is -0.279. The first-order valence-electron chi connectivity index (χ1n) is 8.17. The van der Waals surface area contributed by atoms with Gasteiger partial charge in [-0.2, -0.15) is 5.10 Å². The van der Waals surface area contributed by atoms with Crippen LogP contribution < -0.4 is 5.32 Å². The molecule has 0 bridgehead atoms. The monoisotopic (exact) mass is 397 g/mol. The number of carbonyl (C=O) groups excluding carboxylic acids is 1. The van der Waals surface area contributed by atoms with E-state index in [2.05, 4.69) is 15.4 Å². The number of aromatic nitrogens is 3. The molecular formula is C17H21Cl2N5O2. The van der Waals surface area contributed by atoms with Crippen molar-refractivity contribution < 1.29 is 9.53 Å². The Balaban J connectivity index is 1.74. The van der Waals surface area contributed by atoms with Gasteiger partial charge in [-0.3, -0.25) is 0 Å². The minimum absolute atomic E-state index is 0.204. The van der Waals surface area contributed by atoms with Gasteiger partial charge in [0.1, 0.15) is 0 Å². The molecule has 3 rings (SSSR count). The number of nitrogens with one attached hydrogen (secondary N) is 1. The number of ether oxygens (including phenoxy) is 1. The molecule has 2 amide bonds. The summed E-state index contributed by atoms with van der Waals surface area (Å²) < 4.78 is 7.49. The third-order valence-electron chi connectivity index (χ3n) is 3.82. The van der Waals surface area contributed by atoms with Crippen molar-refractivity contribution in [2.45, 2.75) is 38.9 Å². The standard InChI is InChI=1S/C17H21Cl2N5O2/c1-16(2)9-23(10-17(3,4)26-16)15(25)22-12-7-21-24(8-12)14-13(19)5-11(18)6-20-14/h5-8H,9-10H2,1-4H3,(H,22,25). The zero-order valence-electron chi connectivity index (χ0n) is 15.1. The number of morpholine rings is 1. The van der Waals surface area contributed by atoms with Gasteiger partial charge in [0, 0.05) is 6.20 Å². The van der Waals surface area contributed by atoms with E-state index in [9.17, 15) is 4.79 Å². The molecule has 0 saturated carbocycles. The first-order valence-corrected chi connectivity index (χ1v) is 8.92. The Morgan fingerprint density at radius 1 is 1.19 bits per heavy atom. The van der Waals surface area contributed by atoms with Crippen LogP contribution in [0.4, 0.5) is 10.5 Å². The maximum Gasteiger partial charge on any atom is 0.322 e. The fraction of sp³-hybridized carbons (Fsp3) is 0.471. The summed E-state index contributed by atoms with van der Waals surface area (Å²) in [6, 6.07) is 1.38. The summed E-state index contributed by atoms with van der Waals surface area (Å²) >= 11 is 12.0. The van der Waals surface area contributed by atoms with E-state index in [1.54, 1.807) is 23.4 Å². The molecule has 7 nitrogen and oxygen atoms in total. The van der Waals surface area contributed by atoms with E-state index in [1.807, 2.05) is 27.7 Å². The topological polar surface area (TPSA) is 72.3 Å². The molecule has 0 atom stereocenters. The number of hydrogen-bond donors (Lipinski definition) is 1. The van der Waals surface area contributed by atoms with Crippen LogP contribution in [0.5, 0.6) is 0 Å². The molecular weight excluding hydrogens is 377 g/mol. The average molecular weight is 398 g/mol. The van der Waals surface area contributed by atoms with Crippen LogP contribution in [0.15, 0.2) is 24.7 Å². The molecule has 9 heteroatoms. The zero-order chi connectivity index (χ0) is 19.1. The number of pyridine rings is 1. The van der Waals surface area contributed by atoms with Crippen molar-refractivity contribution in [3.63, 3.8) is 0 Å². The highest BCUT2D eigenvalue weighted by molar-refractivity contribution is 6.35. The van der Waals surface area contributed by atoms with Crippen LogP contribution in [-0.4, -0.2) is 50.0 Å². The fourth-order valence-electron chi connectivity index (χ4n) is 3.21. The van der Waals surface area contributed by atoms with Gasteiger partial charge in [-0.05, 0) is 33.8 Å². The highest BCUT2D eigenvalue weighted by Gasteiger charge is 2.40. The molecule has 0 spiro atoms. The van der Waals surface area contributed by atoms with E-state index in [0.29, 0.717) is 34.6 Å². The van der Waals surface area contributed by atoms with E-state index < -0.39 is 11.2 Å². The van der Waals surface area contributed by atoms with Crippen molar-refractivity contribution in [2.24, 2.45) is 0 Å². The Kier molecular flexibility index (Phi) is 4.90. The van der Waals surface area contributed by atoms with E-state index in [-0.39, 0.29) is 6.03 Å². The lowest BCUT2D eigenvalue weighted by Crippen LogP contribution is -2.59. The SMILES string of the molecule is CC1(C)CN(C(=O)Nc2cnn(-c3ncc(Cl)cc3Cl)c2)CC(C)(C)O1. The third-order valence-corrected chi connectivity index (χ3v) is 4.31.